The summed E-state index contributed by atoms with van der Waals surface area (Å²) in [7, 11) is 0. The Morgan fingerprint density at radius 2 is 2.22 bits per heavy atom. The molecule has 1 aliphatic carbocycles. The number of hydrogen-bond acceptors (Lipinski definition) is 4. The number of nitrogens with one attached hydrogen (secondary N) is 1. The first-order valence-corrected chi connectivity index (χ1v) is 8.42. The molecule has 1 aromatic rings. The topological polar surface area (TPSA) is 58.4 Å². The lowest BCUT2D eigenvalue weighted by atomic mass is 10.1. The van der Waals surface area contributed by atoms with Crippen molar-refractivity contribution in [3.05, 3.63) is 45.5 Å². The van der Waals surface area contributed by atoms with Gasteiger partial charge in [0.2, 0.25) is 0 Å². The van der Waals surface area contributed by atoms with E-state index in [1.165, 1.54) is 31.0 Å². The number of nitrogens with zero attached hydrogens (tertiary/aromatic N) is 2. The lowest BCUT2D eigenvalue weighted by Gasteiger charge is -2.17. The van der Waals surface area contributed by atoms with E-state index in [9.17, 15) is 10.1 Å². The van der Waals surface area contributed by atoms with Gasteiger partial charge in [-0.15, -0.1) is 0 Å². The van der Waals surface area contributed by atoms with Gasteiger partial charge in [0.05, 0.1) is 4.92 Å². The molecule has 124 valence electrons. The van der Waals surface area contributed by atoms with Gasteiger partial charge < -0.3 is 5.32 Å². The van der Waals surface area contributed by atoms with Gasteiger partial charge in [-0.25, -0.2) is 0 Å². The highest BCUT2D eigenvalue weighted by molar-refractivity contribution is 5.56. The summed E-state index contributed by atoms with van der Waals surface area (Å²) in [5, 5.41) is 14.5. The molecule has 2 unspecified atom stereocenters. The van der Waals surface area contributed by atoms with Crippen molar-refractivity contribution < 1.29 is 4.92 Å². The van der Waals surface area contributed by atoms with Gasteiger partial charge in [-0.1, -0.05) is 30.7 Å². The average Bonchev–Trinajstić information content (AvgIpc) is 3.29. The number of rotatable bonds is 6. The van der Waals surface area contributed by atoms with Crippen molar-refractivity contribution in [2.45, 2.75) is 38.8 Å². The second-order valence-corrected chi connectivity index (χ2v) is 6.99. The highest BCUT2D eigenvalue weighted by atomic mass is 16.6. The van der Waals surface area contributed by atoms with Crippen LogP contribution in [0.5, 0.6) is 0 Å². The summed E-state index contributed by atoms with van der Waals surface area (Å²) in [5.41, 5.74) is 2.23. The van der Waals surface area contributed by atoms with Crippen molar-refractivity contribution in [3.8, 4) is 0 Å². The van der Waals surface area contributed by atoms with Gasteiger partial charge >= 0.3 is 0 Å². The van der Waals surface area contributed by atoms with E-state index in [2.05, 4.69) is 24.1 Å². The normalized spacial score (nSPS) is 25.7. The van der Waals surface area contributed by atoms with Crippen LogP contribution >= 0.6 is 0 Å². The molecule has 1 aromatic carbocycles. The molecule has 5 nitrogen and oxygen atoms in total. The molecular formula is C18H25N3O2. The van der Waals surface area contributed by atoms with Crippen molar-refractivity contribution in [1.82, 2.24) is 10.2 Å². The predicted molar refractivity (Wildman–Crippen MR) is 92.3 cm³/mol. The van der Waals surface area contributed by atoms with E-state index in [-0.39, 0.29) is 10.6 Å². The van der Waals surface area contributed by atoms with Crippen molar-refractivity contribution in [3.63, 3.8) is 0 Å². The van der Waals surface area contributed by atoms with Crippen LogP contribution in [0.25, 0.3) is 6.08 Å². The summed E-state index contributed by atoms with van der Waals surface area (Å²) in [6, 6.07) is 8.17. The van der Waals surface area contributed by atoms with E-state index in [0.29, 0.717) is 12.0 Å². The average molecular weight is 315 g/mol. The van der Waals surface area contributed by atoms with Gasteiger partial charge in [-0.05, 0) is 31.2 Å². The quantitative estimate of drug-likeness (QED) is 0.647. The third-order valence-corrected chi connectivity index (χ3v) is 4.84. The second-order valence-electron chi connectivity index (χ2n) is 6.99. The lowest BCUT2D eigenvalue weighted by molar-refractivity contribution is -0.384. The first-order valence-electron chi connectivity index (χ1n) is 8.42. The highest BCUT2D eigenvalue weighted by Crippen LogP contribution is 2.31. The van der Waals surface area contributed by atoms with Gasteiger partial charge in [-0.3, -0.25) is 15.0 Å². The molecular weight excluding hydrogens is 290 g/mol. The fourth-order valence-electron chi connectivity index (χ4n) is 3.36. The van der Waals surface area contributed by atoms with E-state index in [4.69, 9.17) is 0 Å². The van der Waals surface area contributed by atoms with E-state index in [0.717, 1.165) is 24.7 Å². The molecule has 1 saturated heterocycles. The molecule has 2 atom stereocenters. The molecule has 1 heterocycles. The molecule has 1 N–H and O–H groups in total. The smallest absolute Gasteiger partial charge is 0.270 e. The van der Waals surface area contributed by atoms with Gasteiger partial charge in [0.25, 0.3) is 5.69 Å². The standard InChI is InChI=1S/C18H25N3O2/c1-13(8-15-4-3-5-17(9-15)21(22)23)10-19-18-12-20(11-14(18)2)16-6-7-16/h3-5,8-9,14,16,18-19H,6-7,10-12H2,1-2H3. The third kappa shape index (κ3) is 4.18. The largest absolute Gasteiger partial charge is 0.309 e. The first-order chi connectivity index (χ1) is 11.0. The summed E-state index contributed by atoms with van der Waals surface area (Å²) < 4.78 is 0. The zero-order valence-corrected chi connectivity index (χ0v) is 13.9. The van der Waals surface area contributed by atoms with Crippen LogP contribution in [0.1, 0.15) is 32.3 Å². The Labute approximate surface area is 137 Å². The van der Waals surface area contributed by atoms with Gasteiger partial charge in [0.15, 0.2) is 0 Å². The summed E-state index contributed by atoms with van der Waals surface area (Å²) in [6.45, 7) is 7.58. The molecule has 0 aromatic heterocycles. The van der Waals surface area contributed by atoms with Crippen molar-refractivity contribution in [1.29, 1.82) is 0 Å². The van der Waals surface area contributed by atoms with Crippen LogP contribution in [-0.4, -0.2) is 41.5 Å². The number of nitro groups is 1. The zero-order chi connectivity index (χ0) is 16.4. The highest BCUT2D eigenvalue weighted by Gasteiger charge is 2.37. The van der Waals surface area contributed by atoms with Crippen LogP contribution in [0.3, 0.4) is 0 Å². The predicted octanol–water partition coefficient (Wildman–Crippen LogP) is 3.07. The Morgan fingerprint density at radius 3 is 2.91 bits per heavy atom. The van der Waals surface area contributed by atoms with Crippen LogP contribution in [0.2, 0.25) is 0 Å². The number of benzene rings is 1. The Kier molecular flexibility index (Phi) is 4.78. The van der Waals surface area contributed by atoms with Crippen LogP contribution in [0, 0.1) is 16.0 Å². The zero-order valence-electron chi connectivity index (χ0n) is 13.9. The van der Waals surface area contributed by atoms with Crippen molar-refractivity contribution in [2.75, 3.05) is 19.6 Å². The number of nitro benzene ring substituents is 1. The molecule has 3 rings (SSSR count). The fourth-order valence-corrected chi connectivity index (χ4v) is 3.36. The van der Waals surface area contributed by atoms with Crippen LogP contribution in [-0.2, 0) is 0 Å². The molecule has 1 saturated carbocycles. The molecule has 2 aliphatic rings. The Bertz CT molecular complexity index is 610. The number of hydrogen-bond donors (Lipinski definition) is 1. The summed E-state index contributed by atoms with van der Waals surface area (Å²) >= 11 is 0. The van der Waals surface area contributed by atoms with Crippen LogP contribution < -0.4 is 5.32 Å². The molecule has 0 bridgehead atoms. The van der Waals surface area contributed by atoms with Gasteiger partial charge in [-0.2, -0.15) is 0 Å². The molecule has 0 amide bonds. The second kappa shape index (κ2) is 6.81. The molecule has 0 spiro atoms. The van der Waals surface area contributed by atoms with Crippen LogP contribution in [0.15, 0.2) is 29.8 Å². The van der Waals surface area contributed by atoms with E-state index >= 15 is 0 Å². The fraction of sp³-hybridized carbons (Fsp3) is 0.556. The summed E-state index contributed by atoms with van der Waals surface area (Å²) in [6.07, 6.45) is 4.76. The molecule has 23 heavy (non-hydrogen) atoms. The monoisotopic (exact) mass is 315 g/mol. The molecule has 0 radical (unpaired) electrons. The number of likely N-dealkylation sites (tertiary alicyclic amines) is 1. The third-order valence-electron chi connectivity index (χ3n) is 4.84. The van der Waals surface area contributed by atoms with E-state index < -0.39 is 0 Å². The minimum atomic E-state index is -0.350. The molecule has 2 fully saturated rings. The maximum atomic E-state index is 10.8. The van der Waals surface area contributed by atoms with Crippen molar-refractivity contribution in [2.24, 2.45) is 5.92 Å². The van der Waals surface area contributed by atoms with Crippen LogP contribution in [0.4, 0.5) is 5.69 Å². The maximum Gasteiger partial charge on any atom is 0.270 e. The van der Waals surface area contributed by atoms with E-state index in [1.807, 2.05) is 12.1 Å². The lowest BCUT2D eigenvalue weighted by Crippen LogP contribution is -2.36. The maximum absolute atomic E-state index is 10.8. The Morgan fingerprint density at radius 1 is 1.43 bits per heavy atom. The molecule has 5 heteroatoms. The Balaban J connectivity index is 1.55. The minimum Gasteiger partial charge on any atom is -0.309 e. The van der Waals surface area contributed by atoms with E-state index in [1.54, 1.807) is 12.1 Å². The first kappa shape index (κ1) is 16.1. The number of non-ortho nitro benzene ring substituents is 1. The van der Waals surface area contributed by atoms with Crippen molar-refractivity contribution >= 4 is 11.8 Å². The Hall–Kier alpha value is -1.72. The minimum absolute atomic E-state index is 0.143. The SMILES string of the molecule is CC(=Cc1cccc([N+](=O)[O-])c1)CNC1CN(C2CC2)CC1C. The van der Waals surface area contributed by atoms with Gasteiger partial charge in [0, 0.05) is 43.9 Å². The molecule has 1 aliphatic heterocycles. The summed E-state index contributed by atoms with van der Waals surface area (Å²) in [5.74, 6) is 0.682. The van der Waals surface area contributed by atoms with Gasteiger partial charge in [0.1, 0.15) is 0 Å². The summed E-state index contributed by atoms with van der Waals surface area (Å²) in [4.78, 5) is 13.1.